The number of ether oxygens (including phenoxy) is 2. The third-order valence-electron chi connectivity index (χ3n) is 4.44. The lowest BCUT2D eigenvalue weighted by Crippen LogP contribution is -2.34. The van der Waals surface area contributed by atoms with Gasteiger partial charge in [0.25, 0.3) is 11.8 Å². The fourth-order valence-corrected chi connectivity index (χ4v) is 3.68. The molecule has 3 amide bonds. The molecule has 0 atom stereocenters. The van der Waals surface area contributed by atoms with Crippen LogP contribution in [-0.2, 0) is 14.3 Å². The highest BCUT2D eigenvalue weighted by atomic mass is 32.2. The van der Waals surface area contributed by atoms with Gasteiger partial charge in [-0.3, -0.25) is 19.7 Å². The molecule has 34 heavy (non-hydrogen) atoms. The highest BCUT2D eigenvalue weighted by molar-refractivity contribution is 8.00. The maximum Gasteiger partial charge on any atom is 0.339 e. The zero-order valence-electron chi connectivity index (χ0n) is 18.3. The fraction of sp³-hybridized carbons (Fsp3) is 0.120. The number of nitrogens with one attached hydrogen (secondary N) is 2. The maximum absolute atomic E-state index is 12.5. The first-order chi connectivity index (χ1) is 16.5. The standard InChI is InChI=1S/C25H22N2O6S/c1-32-19-11-7-10-18(14-19)26-23(29)16-34-21-13-6-5-12-20(21)25(31)33-15-22(28)27-24(30)17-8-3-2-4-9-17/h2-14H,15-16H2,1H3,(H,26,29)(H,27,28,30). The first-order valence-corrected chi connectivity index (χ1v) is 11.2. The predicted octanol–water partition coefficient (Wildman–Crippen LogP) is 3.54. The van der Waals surface area contributed by atoms with E-state index in [-0.39, 0.29) is 17.2 Å². The van der Waals surface area contributed by atoms with Crippen LogP contribution in [-0.4, -0.2) is 43.2 Å². The van der Waals surface area contributed by atoms with Crippen molar-refractivity contribution >= 4 is 41.1 Å². The number of imide groups is 1. The third kappa shape index (κ3) is 7.21. The number of methoxy groups -OCH3 is 1. The smallest absolute Gasteiger partial charge is 0.339 e. The normalized spacial score (nSPS) is 10.1. The number of anilines is 1. The van der Waals surface area contributed by atoms with E-state index in [4.69, 9.17) is 9.47 Å². The summed E-state index contributed by atoms with van der Waals surface area (Å²) in [6, 6.07) is 21.8. The van der Waals surface area contributed by atoms with Crippen molar-refractivity contribution in [2.75, 3.05) is 24.8 Å². The molecule has 0 bridgehead atoms. The lowest BCUT2D eigenvalue weighted by Gasteiger charge is -2.10. The maximum atomic E-state index is 12.5. The summed E-state index contributed by atoms with van der Waals surface area (Å²) in [5, 5.41) is 4.93. The Kier molecular flexibility index (Phi) is 8.81. The van der Waals surface area contributed by atoms with Gasteiger partial charge in [0.05, 0.1) is 18.4 Å². The van der Waals surface area contributed by atoms with Gasteiger partial charge in [-0.2, -0.15) is 0 Å². The van der Waals surface area contributed by atoms with Crippen LogP contribution < -0.4 is 15.4 Å². The number of hydrogen-bond donors (Lipinski definition) is 2. The van der Waals surface area contributed by atoms with Crippen molar-refractivity contribution in [1.82, 2.24) is 5.32 Å². The number of thioether (sulfide) groups is 1. The average Bonchev–Trinajstić information content (AvgIpc) is 2.86. The van der Waals surface area contributed by atoms with Gasteiger partial charge in [-0.1, -0.05) is 36.4 Å². The van der Waals surface area contributed by atoms with Gasteiger partial charge < -0.3 is 14.8 Å². The monoisotopic (exact) mass is 478 g/mol. The molecule has 0 spiro atoms. The number of hydrogen-bond acceptors (Lipinski definition) is 7. The van der Waals surface area contributed by atoms with E-state index in [2.05, 4.69) is 10.6 Å². The van der Waals surface area contributed by atoms with Crippen molar-refractivity contribution in [3.8, 4) is 5.75 Å². The third-order valence-corrected chi connectivity index (χ3v) is 5.52. The molecule has 0 unspecified atom stereocenters. The summed E-state index contributed by atoms with van der Waals surface area (Å²) in [7, 11) is 1.54. The van der Waals surface area contributed by atoms with Crippen molar-refractivity contribution in [2.24, 2.45) is 0 Å². The second kappa shape index (κ2) is 12.2. The molecule has 0 heterocycles. The Morgan fingerprint density at radius 2 is 1.59 bits per heavy atom. The summed E-state index contributed by atoms with van der Waals surface area (Å²) >= 11 is 1.16. The molecule has 3 rings (SSSR count). The largest absolute Gasteiger partial charge is 0.497 e. The van der Waals surface area contributed by atoms with Crippen LogP contribution in [0.3, 0.4) is 0 Å². The van der Waals surface area contributed by atoms with E-state index in [0.717, 1.165) is 11.8 Å². The second-order valence-electron chi connectivity index (χ2n) is 6.88. The molecule has 0 aliphatic carbocycles. The molecule has 0 saturated carbocycles. The number of carbonyl (C=O) groups excluding carboxylic acids is 4. The molecule has 0 radical (unpaired) electrons. The number of carbonyl (C=O) groups is 4. The van der Waals surface area contributed by atoms with Crippen LogP contribution in [0.15, 0.2) is 83.8 Å². The molecule has 174 valence electrons. The van der Waals surface area contributed by atoms with Crippen LogP contribution >= 0.6 is 11.8 Å². The lowest BCUT2D eigenvalue weighted by atomic mass is 10.2. The molecular weight excluding hydrogens is 456 g/mol. The molecule has 3 aromatic rings. The van der Waals surface area contributed by atoms with E-state index in [1.807, 2.05) is 0 Å². The highest BCUT2D eigenvalue weighted by Crippen LogP contribution is 2.24. The van der Waals surface area contributed by atoms with Gasteiger partial charge in [-0.05, 0) is 36.4 Å². The second-order valence-corrected chi connectivity index (χ2v) is 7.90. The van der Waals surface area contributed by atoms with Gasteiger partial charge in [-0.25, -0.2) is 4.79 Å². The minimum atomic E-state index is -0.745. The Morgan fingerprint density at radius 1 is 0.853 bits per heavy atom. The molecule has 9 heteroatoms. The van der Waals surface area contributed by atoms with Crippen LogP contribution in [0.1, 0.15) is 20.7 Å². The molecule has 0 aromatic heterocycles. The number of esters is 1. The first-order valence-electron chi connectivity index (χ1n) is 10.2. The van der Waals surface area contributed by atoms with E-state index in [9.17, 15) is 19.2 Å². The summed E-state index contributed by atoms with van der Waals surface area (Å²) in [6.07, 6.45) is 0. The van der Waals surface area contributed by atoms with Crippen molar-refractivity contribution in [2.45, 2.75) is 4.90 Å². The minimum Gasteiger partial charge on any atom is -0.497 e. The Hall–Kier alpha value is -4.11. The molecule has 0 aliphatic rings. The molecule has 0 saturated heterocycles. The van der Waals surface area contributed by atoms with Crippen molar-refractivity contribution in [3.05, 3.63) is 90.0 Å². The van der Waals surface area contributed by atoms with E-state index in [1.165, 1.54) is 13.2 Å². The summed E-state index contributed by atoms with van der Waals surface area (Å²) in [6.45, 7) is -0.618. The fourth-order valence-electron chi connectivity index (χ4n) is 2.84. The van der Waals surface area contributed by atoms with Crippen molar-refractivity contribution in [1.29, 1.82) is 0 Å². The zero-order valence-corrected chi connectivity index (χ0v) is 19.1. The Balaban J connectivity index is 1.52. The van der Waals surface area contributed by atoms with E-state index in [0.29, 0.717) is 21.9 Å². The van der Waals surface area contributed by atoms with Crippen molar-refractivity contribution < 1.29 is 28.7 Å². The molecule has 3 aromatic carbocycles. The van der Waals surface area contributed by atoms with Gasteiger partial charge in [-0.15, -0.1) is 11.8 Å². The van der Waals surface area contributed by atoms with Gasteiger partial charge in [0.1, 0.15) is 5.75 Å². The van der Waals surface area contributed by atoms with Crippen LogP contribution in [0.25, 0.3) is 0 Å². The summed E-state index contributed by atoms with van der Waals surface area (Å²) in [4.78, 5) is 49.4. The number of amides is 3. The van der Waals surface area contributed by atoms with E-state index in [1.54, 1.807) is 72.8 Å². The summed E-state index contributed by atoms with van der Waals surface area (Å²) in [5.41, 5.74) is 1.12. The molecule has 8 nitrogen and oxygen atoms in total. The van der Waals surface area contributed by atoms with Gasteiger partial charge in [0.15, 0.2) is 6.61 Å². The van der Waals surface area contributed by atoms with E-state index < -0.39 is 24.4 Å². The van der Waals surface area contributed by atoms with Crippen LogP contribution in [0.4, 0.5) is 5.69 Å². The zero-order chi connectivity index (χ0) is 24.3. The Morgan fingerprint density at radius 3 is 2.35 bits per heavy atom. The number of benzene rings is 3. The summed E-state index contributed by atoms with van der Waals surface area (Å²) < 4.78 is 10.2. The predicted molar refractivity (Wildman–Crippen MR) is 128 cm³/mol. The molecule has 0 fully saturated rings. The quantitative estimate of drug-likeness (QED) is 0.357. The topological polar surface area (TPSA) is 111 Å². The van der Waals surface area contributed by atoms with E-state index >= 15 is 0 Å². The van der Waals surface area contributed by atoms with Gasteiger partial charge in [0, 0.05) is 22.2 Å². The summed E-state index contributed by atoms with van der Waals surface area (Å²) in [5.74, 6) is -1.66. The molecule has 2 N–H and O–H groups in total. The Bertz CT molecular complexity index is 1180. The van der Waals surface area contributed by atoms with Gasteiger partial charge >= 0.3 is 5.97 Å². The average molecular weight is 479 g/mol. The van der Waals surface area contributed by atoms with Crippen LogP contribution in [0.5, 0.6) is 5.75 Å². The number of rotatable bonds is 9. The Labute approximate surface area is 200 Å². The minimum absolute atomic E-state index is 0.0492. The molecular formula is C25H22N2O6S. The van der Waals surface area contributed by atoms with Crippen molar-refractivity contribution in [3.63, 3.8) is 0 Å². The van der Waals surface area contributed by atoms with Gasteiger partial charge in [0.2, 0.25) is 5.91 Å². The SMILES string of the molecule is COc1cccc(NC(=O)CSc2ccccc2C(=O)OCC(=O)NC(=O)c2ccccc2)c1. The van der Waals surface area contributed by atoms with Crippen LogP contribution in [0.2, 0.25) is 0 Å². The molecule has 0 aliphatic heterocycles. The first kappa shape index (κ1) is 24.5. The van der Waals surface area contributed by atoms with Crippen LogP contribution in [0, 0.1) is 0 Å². The highest BCUT2D eigenvalue weighted by Gasteiger charge is 2.17. The lowest BCUT2D eigenvalue weighted by molar-refractivity contribution is -0.123.